The number of benzene rings is 2. The topological polar surface area (TPSA) is 46.6 Å². The quantitative estimate of drug-likeness (QED) is 0.666. The van der Waals surface area contributed by atoms with Gasteiger partial charge in [-0.1, -0.05) is 49.4 Å². The fraction of sp³-hybridized carbons (Fsp3) is 0.238. The molecule has 1 heterocycles. The van der Waals surface area contributed by atoms with Gasteiger partial charge in [0, 0.05) is 6.04 Å². The summed E-state index contributed by atoms with van der Waals surface area (Å²) in [4.78, 5) is 26.3. The molecular weight excluding hydrogens is 346 g/mol. The summed E-state index contributed by atoms with van der Waals surface area (Å²) in [6.07, 6.45) is 2.51. The smallest absolute Gasteiger partial charge is 0.293 e. The predicted octanol–water partition coefficient (Wildman–Crippen LogP) is 5.10. The molecule has 2 aromatic carbocycles. The van der Waals surface area contributed by atoms with Crippen LogP contribution in [-0.2, 0) is 11.4 Å². The Kier molecular flexibility index (Phi) is 5.78. The summed E-state index contributed by atoms with van der Waals surface area (Å²) >= 11 is 0.999. The van der Waals surface area contributed by atoms with E-state index in [9.17, 15) is 9.59 Å². The van der Waals surface area contributed by atoms with E-state index in [0.29, 0.717) is 11.5 Å². The average molecular weight is 367 g/mol. The molecule has 0 radical (unpaired) electrons. The van der Waals surface area contributed by atoms with Gasteiger partial charge in [-0.05, 0) is 54.4 Å². The molecule has 134 valence electrons. The third-order valence-electron chi connectivity index (χ3n) is 4.28. The number of hydrogen-bond donors (Lipinski definition) is 0. The van der Waals surface area contributed by atoms with Gasteiger partial charge in [0.15, 0.2) is 0 Å². The van der Waals surface area contributed by atoms with Crippen LogP contribution in [0.5, 0.6) is 5.75 Å². The minimum absolute atomic E-state index is 0.0813. The molecule has 0 unspecified atom stereocenters. The highest BCUT2D eigenvalue weighted by molar-refractivity contribution is 8.18. The van der Waals surface area contributed by atoms with E-state index in [0.717, 1.165) is 35.1 Å². The third-order valence-corrected chi connectivity index (χ3v) is 5.17. The molecule has 2 amide bonds. The molecule has 4 nitrogen and oxygen atoms in total. The van der Waals surface area contributed by atoms with Crippen molar-refractivity contribution in [3.05, 3.63) is 70.6 Å². The van der Waals surface area contributed by atoms with Crippen molar-refractivity contribution in [3.8, 4) is 5.75 Å². The molecule has 1 saturated heterocycles. The molecule has 26 heavy (non-hydrogen) atoms. The number of hydrogen-bond acceptors (Lipinski definition) is 4. The first-order valence-corrected chi connectivity index (χ1v) is 9.44. The number of carbonyl (C=O) groups excluding carboxylic acids is 2. The van der Waals surface area contributed by atoms with Crippen LogP contribution in [0.15, 0.2) is 59.5 Å². The van der Waals surface area contributed by atoms with Crippen LogP contribution in [0, 0.1) is 0 Å². The fourth-order valence-electron chi connectivity index (χ4n) is 2.59. The number of rotatable bonds is 6. The number of carbonyl (C=O) groups is 2. The van der Waals surface area contributed by atoms with Crippen molar-refractivity contribution in [2.75, 3.05) is 0 Å². The number of nitrogens with zero attached hydrogens (tertiary/aromatic N) is 1. The van der Waals surface area contributed by atoms with Crippen LogP contribution in [-0.4, -0.2) is 22.1 Å². The zero-order valence-corrected chi connectivity index (χ0v) is 15.7. The Labute approximate surface area is 157 Å². The summed E-state index contributed by atoms with van der Waals surface area (Å²) in [5, 5.41) is -0.196. The number of amides is 2. The number of thioether (sulfide) groups is 1. The predicted molar refractivity (Wildman–Crippen MR) is 105 cm³/mol. The highest BCUT2D eigenvalue weighted by atomic mass is 32.2. The maximum absolute atomic E-state index is 12.4. The van der Waals surface area contributed by atoms with Gasteiger partial charge in [0.2, 0.25) is 0 Å². The van der Waals surface area contributed by atoms with Crippen LogP contribution in [0.25, 0.3) is 6.08 Å². The largest absolute Gasteiger partial charge is 0.489 e. The van der Waals surface area contributed by atoms with E-state index in [1.807, 2.05) is 68.4 Å². The van der Waals surface area contributed by atoms with Gasteiger partial charge >= 0.3 is 0 Å². The zero-order chi connectivity index (χ0) is 18.5. The van der Waals surface area contributed by atoms with Crippen molar-refractivity contribution in [2.45, 2.75) is 32.9 Å². The fourth-order valence-corrected chi connectivity index (χ4v) is 3.52. The van der Waals surface area contributed by atoms with Gasteiger partial charge in [0.05, 0.1) is 4.91 Å². The Balaban J connectivity index is 1.66. The molecule has 0 aromatic heterocycles. The van der Waals surface area contributed by atoms with Crippen molar-refractivity contribution in [2.24, 2.45) is 0 Å². The lowest BCUT2D eigenvalue weighted by atomic mass is 10.2. The van der Waals surface area contributed by atoms with Gasteiger partial charge < -0.3 is 4.74 Å². The van der Waals surface area contributed by atoms with Gasteiger partial charge in [0.25, 0.3) is 11.1 Å². The van der Waals surface area contributed by atoms with E-state index in [4.69, 9.17) is 4.74 Å². The van der Waals surface area contributed by atoms with Crippen LogP contribution >= 0.6 is 11.8 Å². The summed E-state index contributed by atoms with van der Waals surface area (Å²) in [6.45, 7) is 4.36. The van der Waals surface area contributed by atoms with Gasteiger partial charge in [0.1, 0.15) is 12.4 Å². The minimum atomic E-state index is -0.209. The Bertz CT molecular complexity index is 815. The number of ether oxygens (including phenoxy) is 1. The van der Waals surface area contributed by atoms with E-state index in [2.05, 4.69) is 0 Å². The van der Waals surface area contributed by atoms with Crippen LogP contribution < -0.4 is 4.74 Å². The van der Waals surface area contributed by atoms with Crippen LogP contribution in [0.4, 0.5) is 4.79 Å². The second-order valence-electron chi connectivity index (χ2n) is 6.15. The summed E-state index contributed by atoms with van der Waals surface area (Å²) in [7, 11) is 0. The van der Waals surface area contributed by atoms with E-state index in [1.54, 1.807) is 6.08 Å². The molecular formula is C21H21NO3S. The standard InChI is InChI=1S/C21H21NO3S/c1-3-15(2)22-20(23)19(26-21(22)24)13-16-9-11-18(12-10-16)25-14-17-7-5-4-6-8-17/h4-13,15H,3,14H2,1-2H3/b19-13+/t15-/m1/s1. The van der Waals surface area contributed by atoms with E-state index in [-0.39, 0.29) is 17.2 Å². The van der Waals surface area contributed by atoms with Crippen LogP contribution in [0.1, 0.15) is 31.4 Å². The first kappa shape index (κ1) is 18.3. The van der Waals surface area contributed by atoms with E-state index >= 15 is 0 Å². The molecule has 1 fully saturated rings. The molecule has 3 rings (SSSR count). The Hall–Kier alpha value is -2.53. The Morgan fingerprint density at radius 3 is 2.42 bits per heavy atom. The van der Waals surface area contributed by atoms with Crippen molar-refractivity contribution in [1.29, 1.82) is 0 Å². The van der Waals surface area contributed by atoms with Crippen molar-refractivity contribution >= 4 is 29.0 Å². The molecule has 0 aliphatic carbocycles. The van der Waals surface area contributed by atoms with Crippen molar-refractivity contribution in [1.82, 2.24) is 4.90 Å². The van der Waals surface area contributed by atoms with Gasteiger partial charge in [-0.3, -0.25) is 14.5 Å². The Morgan fingerprint density at radius 1 is 1.08 bits per heavy atom. The summed E-state index contributed by atoms with van der Waals surface area (Å²) in [5.74, 6) is 0.553. The maximum Gasteiger partial charge on any atom is 0.293 e. The maximum atomic E-state index is 12.4. The van der Waals surface area contributed by atoms with Gasteiger partial charge in [-0.2, -0.15) is 0 Å². The first-order chi connectivity index (χ1) is 12.6. The highest BCUT2D eigenvalue weighted by Crippen LogP contribution is 2.34. The summed E-state index contributed by atoms with van der Waals surface area (Å²) < 4.78 is 5.76. The summed E-state index contributed by atoms with van der Waals surface area (Å²) in [5.41, 5.74) is 1.97. The number of imide groups is 1. The molecule has 1 aliphatic heterocycles. The SMILES string of the molecule is CC[C@@H](C)N1C(=O)S/C(=C/c2ccc(OCc3ccccc3)cc2)C1=O. The molecule has 5 heteroatoms. The van der Waals surface area contributed by atoms with Gasteiger partial charge in [-0.25, -0.2) is 0 Å². The molecule has 1 atom stereocenters. The van der Waals surface area contributed by atoms with Crippen LogP contribution in [0.2, 0.25) is 0 Å². The molecule has 2 aromatic rings. The van der Waals surface area contributed by atoms with E-state index < -0.39 is 0 Å². The molecule has 0 bridgehead atoms. The normalized spacial score (nSPS) is 17.0. The van der Waals surface area contributed by atoms with Crippen molar-refractivity contribution in [3.63, 3.8) is 0 Å². The second-order valence-corrected chi connectivity index (χ2v) is 7.15. The van der Waals surface area contributed by atoms with Crippen molar-refractivity contribution < 1.29 is 14.3 Å². The highest BCUT2D eigenvalue weighted by Gasteiger charge is 2.37. The van der Waals surface area contributed by atoms with Gasteiger partial charge in [-0.15, -0.1) is 0 Å². The molecule has 0 saturated carbocycles. The molecule has 1 aliphatic rings. The first-order valence-electron chi connectivity index (χ1n) is 8.62. The molecule has 0 N–H and O–H groups in total. The Morgan fingerprint density at radius 2 is 1.77 bits per heavy atom. The average Bonchev–Trinajstić information content (AvgIpc) is 2.94. The lowest BCUT2D eigenvalue weighted by Crippen LogP contribution is -2.36. The zero-order valence-electron chi connectivity index (χ0n) is 14.8. The monoisotopic (exact) mass is 367 g/mol. The minimum Gasteiger partial charge on any atom is -0.489 e. The lowest BCUT2D eigenvalue weighted by Gasteiger charge is -2.19. The lowest BCUT2D eigenvalue weighted by molar-refractivity contribution is -0.124. The van der Waals surface area contributed by atoms with Crippen LogP contribution in [0.3, 0.4) is 0 Å². The van der Waals surface area contributed by atoms with E-state index in [1.165, 1.54) is 4.90 Å². The molecule has 0 spiro atoms. The second kappa shape index (κ2) is 8.23. The summed E-state index contributed by atoms with van der Waals surface area (Å²) in [6, 6.07) is 17.4. The third kappa shape index (κ3) is 4.17.